The van der Waals surface area contributed by atoms with Gasteiger partial charge in [0, 0.05) is 54.9 Å². The van der Waals surface area contributed by atoms with Gasteiger partial charge in [0.05, 0.1) is 17.4 Å². The number of nitrogens with zero attached hydrogens (tertiary/aromatic N) is 5. The van der Waals surface area contributed by atoms with Gasteiger partial charge in [-0.25, -0.2) is 4.52 Å². The average molecular weight is 438 g/mol. The van der Waals surface area contributed by atoms with E-state index >= 15 is 0 Å². The molecule has 3 aromatic rings. The molecule has 4 rings (SSSR count). The van der Waals surface area contributed by atoms with E-state index in [1.807, 2.05) is 42.0 Å². The highest BCUT2D eigenvalue weighted by Crippen LogP contribution is 2.29. The molecule has 5 nitrogen and oxygen atoms in total. The van der Waals surface area contributed by atoms with Crippen LogP contribution in [0.1, 0.15) is 28.1 Å². The molecule has 0 spiro atoms. The van der Waals surface area contributed by atoms with Crippen LogP contribution < -0.4 is 0 Å². The zero-order valence-electron chi connectivity index (χ0n) is 19.6. The van der Waals surface area contributed by atoms with Crippen LogP contribution in [0, 0.1) is 6.92 Å². The van der Waals surface area contributed by atoms with E-state index in [0.717, 1.165) is 76.6 Å². The Bertz CT molecular complexity index is 1270. The Morgan fingerprint density at radius 3 is 2.45 bits per heavy atom. The highest BCUT2D eigenvalue weighted by atomic mass is 15.3. The second-order valence-electron chi connectivity index (χ2n) is 8.41. The van der Waals surface area contributed by atoms with Crippen LogP contribution in [-0.2, 0) is 0 Å². The van der Waals surface area contributed by atoms with Crippen LogP contribution in [-0.4, -0.2) is 57.6 Å². The number of pyridine rings is 2. The average Bonchev–Trinajstić information content (AvgIpc) is 3.25. The molecule has 168 valence electrons. The van der Waals surface area contributed by atoms with Crippen molar-refractivity contribution < 1.29 is 0 Å². The molecule has 0 unspecified atom stereocenters. The third kappa shape index (κ3) is 4.45. The summed E-state index contributed by atoms with van der Waals surface area (Å²) < 4.78 is 1.90. The Kier molecular flexibility index (Phi) is 6.43. The van der Waals surface area contributed by atoms with Gasteiger partial charge < -0.3 is 9.80 Å². The number of hydrogen-bond acceptors (Lipinski definition) is 4. The first-order valence-electron chi connectivity index (χ1n) is 11.2. The molecule has 0 saturated carbocycles. The van der Waals surface area contributed by atoms with E-state index in [-0.39, 0.29) is 0 Å². The molecule has 0 atom stereocenters. The summed E-state index contributed by atoms with van der Waals surface area (Å²) in [5, 5.41) is 4.55. The van der Waals surface area contributed by atoms with Gasteiger partial charge in [0.15, 0.2) is 0 Å². The Morgan fingerprint density at radius 1 is 1.03 bits per heavy atom. The zero-order chi connectivity index (χ0) is 23.5. The third-order valence-electron chi connectivity index (χ3n) is 6.29. The summed E-state index contributed by atoms with van der Waals surface area (Å²) in [5.41, 5.74) is 8.84. The number of rotatable bonds is 7. The lowest BCUT2D eigenvalue weighted by atomic mass is 9.97. The molecule has 5 heteroatoms. The Labute approximate surface area is 196 Å². The summed E-state index contributed by atoms with van der Waals surface area (Å²) in [6.07, 6.45) is 9.34. The van der Waals surface area contributed by atoms with Crippen LogP contribution in [0.3, 0.4) is 0 Å². The highest BCUT2D eigenvalue weighted by Gasteiger charge is 2.19. The smallest absolute Gasteiger partial charge is 0.0760 e. The minimum atomic E-state index is 0.871. The lowest BCUT2D eigenvalue weighted by molar-refractivity contribution is 0.207. The van der Waals surface area contributed by atoms with Gasteiger partial charge in [-0.1, -0.05) is 50.6 Å². The summed E-state index contributed by atoms with van der Waals surface area (Å²) in [6, 6.07) is 8.27. The molecule has 1 aliphatic rings. The minimum absolute atomic E-state index is 0.871. The topological polar surface area (TPSA) is 36.7 Å². The molecule has 0 aromatic carbocycles. The molecule has 0 bridgehead atoms. The molecule has 0 amide bonds. The number of fused-ring (bicyclic) bond motifs is 1. The lowest BCUT2D eigenvalue weighted by Gasteiger charge is -2.35. The fourth-order valence-electron chi connectivity index (χ4n) is 4.22. The van der Waals surface area contributed by atoms with Gasteiger partial charge >= 0.3 is 0 Å². The molecule has 33 heavy (non-hydrogen) atoms. The largest absolute Gasteiger partial charge is 0.369 e. The third-order valence-corrected chi connectivity index (χ3v) is 6.29. The quantitative estimate of drug-likeness (QED) is 0.484. The van der Waals surface area contributed by atoms with Gasteiger partial charge in [0.1, 0.15) is 0 Å². The highest BCUT2D eigenvalue weighted by molar-refractivity contribution is 5.84. The maximum atomic E-state index is 4.78. The van der Waals surface area contributed by atoms with Crippen molar-refractivity contribution in [1.82, 2.24) is 24.4 Å². The first-order chi connectivity index (χ1) is 15.9. The Balaban J connectivity index is 1.65. The van der Waals surface area contributed by atoms with Crippen molar-refractivity contribution in [2.24, 2.45) is 0 Å². The van der Waals surface area contributed by atoms with Gasteiger partial charge in [0.25, 0.3) is 0 Å². The standard InChI is InChI=1S/C28H31N5/c1-7-9-23(8-2)27-11-10-25(21(4)30-27)20(3)24-12-13-33-28(18-24)26(19-29-33)22(5)32-16-14-31(6)15-17-32/h7-13,18-19H,1-3,5,14-17H2,4,6H3/b23-9+. The van der Waals surface area contributed by atoms with Crippen LogP contribution in [0.5, 0.6) is 0 Å². The molecular weight excluding hydrogens is 406 g/mol. The minimum Gasteiger partial charge on any atom is -0.369 e. The Hall–Kier alpha value is -3.70. The van der Waals surface area contributed by atoms with Crippen LogP contribution >= 0.6 is 0 Å². The first-order valence-corrected chi connectivity index (χ1v) is 11.2. The molecular formula is C28H31N5. The van der Waals surface area contributed by atoms with E-state index < -0.39 is 0 Å². The monoisotopic (exact) mass is 437 g/mol. The molecule has 0 radical (unpaired) electrons. The molecule has 1 fully saturated rings. The van der Waals surface area contributed by atoms with Crippen molar-refractivity contribution in [3.05, 3.63) is 109 Å². The van der Waals surface area contributed by atoms with Crippen molar-refractivity contribution in [2.75, 3.05) is 33.2 Å². The Morgan fingerprint density at radius 2 is 1.79 bits per heavy atom. The van der Waals surface area contributed by atoms with E-state index in [2.05, 4.69) is 60.4 Å². The van der Waals surface area contributed by atoms with E-state index in [1.165, 1.54) is 0 Å². The summed E-state index contributed by atoms with van der Waals surface area (Å²) >= 11 is 0. The van der Waals surface area contributed by atoms with Crippen molar-refractivity contribution in [2.45, 2.75) is 6.92 Å². The van der Waals surface area contributed by atoms with Crippen LogP contribution in [0.15, 0.2) is 81.2 Å². The lowest BCUT2D eigenvalue weighted by Crippen LogP contribution is -2.43. The predicted molar refractivity (Wildman–Crippen MR) is 139 cm³/mol. The van der Waals surface area contributed by atoms with Crippen molar-refractivity contribution in [1.29, 1.82) is 0 Å². The fourth-order valence-corrected chi connectivity index (χ4v) is 4.22. The van der Waals surface area contributed by atoms with Crippen LogP contribution in [0.2, 0.25) is 0 Å². The van der Waals surface area contributed by atoms with Gasteiger partial charge in [-0.2, -0.15) is 5.10 Å². The van der Waals surface area contributed by atoms with E-state index in [1.54, 1.807) is 12.2 Å². The van der Waals surface area contributed by atoms with Gasteiger partial charge in [-0.3, -0.25) is 4.98 Å². The van der Waals surface area contributed by atoms with Gasteiger partial charge in [0.2, 0.25) is 0 Å². The number of hydrogen-bond donors (Lipinski definition) is 0. The maximum Gasteiger partial charge on any atom is 0.0760 e. The van der Waals surface area contributed by atoms with Crippen molar-refractivity contribution >= 4 is 22.4 Å². The maximum absolute atomic E-state index is 4.78. The van der Waals surface area contributed by atoms with E-state index in [0.29, 0.717) is 0 Å². The number of piperazine rings is 1. The molecule has 4 heterocycles. The zero-order valence-corrected chi connectivity index (χ0v) is 19.6. The summed E-state index contributed by atoms with van der Waals surface area (Å²) in [5.74, 6) is 0. The predicted octanol–water partition coefficient (Wildman–Crippen LogP) is 5.07. The number of aryl methyl sites for hydroxylation is 1. The first kappa shape index (κ1) is 22.5. The summed E-state index contributed by atoms with van der Waals surface area (Å²) in [6.45, 7) is 22.5. The summed E-state index contributed by atoms with van der Waals surface area (Å²) in [7, 11) is 2.16. The van der Waals surface area contributed by atoms with E-state index in [4.69, 9.17) is 4.98 Å². The number of aromatic nitrogens is 3. The molecule has 0 N–H and O–H groups in total. The van der Waals surface area contributed by atoms with Crippen LogP contribution in [0.25, 0.3) is 22.4 Å². The van der Waals surface area contributed by atoms with Crippen molar-refractivity contribution in [3.8, 4) is 0 Å². The number of allylic oxidation sites excluding steroid dienone is 4. The normalized spacial score (nSPS) is 15.0. The van der Waals surface area contributed by atoms with E-state index in [9.17, 15) is 0 Å². The van der Waals surface area contributed by atoms with Gasteiger partial charge in [-0.15, -0.1) is 0 Å². The molecule has 1 saturated heterocycles. The SMILES string of the molecule is C=C/C=C(\C=C)c1ccc(C(=C)c2ccn3ncc(C(=C)N4CCN(C)CC4)c3c2)c(C)n1. The molecule has 3 aromatic heterocycles. The fraction of sp³-hybridized carbons (Fsp3) is 0.214. The summed E-state index contributed by atoms with van der Waals surface area (Å²) in [4.78, 5) is 9.47. The second kappa shape index (κ2) is 9.43. The van der Waals surface area contributed by atoms with Crippen LogP contribution in [0.4, 0.5) is 0 Å². The number of likely N-dealkylation sites (N-methyl/N-ethyl adjacent to an activating group) is 1. The second-order valence-corrected chi connectivity index (χ2v) is 8.41. The van der Waals surface area contributed by atoms with Gasteiger partial charge in [-0.05, 0) is 48.9 Å². The molecule has 1 aliphatic heterocycles. The molecule has 0 aliphatic carbocycles. The van der Waals surface area contributed by atoms with Crippen molar-refractivity contribution in [3.63, 3.8) is 0 Å².